The minimum absolute atomic E-state index is 0.176. The quantitative estimate of drug-likeness (QED) is 0.667. The highest BCUT2D eigenvalue weighted by Crippen LogP contribution is 2.54. The topological polar surface area (TPSA) is 29.4 Å². The van der Waals surface area contributed by atoms with E-state index >= 15 is 0 Å². The molecule has 0 radical (unpaired) electrons. The van der Waals surface area contributed by atoms with Crippen molar-refractivity contribution >= 4 is 43.4 Å². The van der Waals surface area contributed by atoms with Gasteiger partial charge in [0, 0.05) is 6.42 Å². The summed E-state index contributed by atoms with van der Waals surface area (Å²) in [7, 11) is 0. The van der Waals surface area contributed by atoms with Crippen LogP contribution in [0.1, 0.15) is 17.5 Å². The maximum atomic E-state index is 12.2. The molecule has 1 aliphatic heterocycles. The molecule has 0 bridgehead atoms. The number of benzene rings is 2. The van der Waals surface area contributed by atoms with Crippen LogP contribution in [0.5, 0.6) is 0 Å². The van der Waals surface area contributed by atoms with Crippen molar-refractivity contribution in [2.75, 3.05) is 0 Å². The van der Waals surface area contributed by atoms with Gasteiger partial charge in [-0.15, -0.1) is 0 Å². The summed E-state index contributed by atoms with van der Waals surface area (Å²) in [5.74, 6) is 0.176. The van der Waals surface area contributed by atoms with Gasteiger partial charge in [-0.1, -0.05) is 48.5 Å². The van der Waals surface area contributed by atoms with E-state index in [9.17, 15) is 4.79 Å². The molecule has 2 aliphatic rings. The molecular weight excluding hydrogens is 373 g/mol. The maximum Gasteiger partial charge on any atom is 0.157 e. The van der Waals surface area contributed by atoms with E-state index in [1.807, 2.05) is 36.4 Å². The van der Waals surface area contributed by atoms with E-state index in [-0.39, 0.29) is 11.2 Å². The Morgan fingerprint density at radius 2 is 1.71 bits per heavy atom. The maximum absolute atomic E-state index is 12.2. The van der Waals surface area contributed by atoms with Gasteiger partial charge in [0.2, 0.25) is 0 Å². The summed E-state index contributed by atoms with van der Waals surface area (Å²) in [5, 5.41) is 0. The summed E-state index contributed by atoms with van der Waals surface area (Å²) in [6.45, 7) is 0. The molecule has 102 valence electrons. The molecule has 1 aliphatic carbocycles. The van der Waals surface area contributed by atoms with Crippen LogP contribution in [0.2, 0.25) is 0 Å². The van der Waals surface area contributed by atoms with E-state index in [1.165, 1.54) is 0 Å². The zero-order chi connectivity index (χ0) is 14.4. The largest absolute Gasteiger partial charge is 0.295 e. The number of carbonyl (C=O) groups excluding carboxylic acids is 1. The number of allylic oxidation sites excluding steroid dienone is 2. The van der Waals surface area contributed by atoms with Crippen LogP contribution in [0, 0.1) is 0 Å². The van der Waals surface area contributed by atoms with Gasteiger partial charge >= 0.3 is 0 Å². The zero-order valence-electron chi connectivity index (χ0n) is 11.2. The Morgan fingerprint density at radius 1 is 1.00 bits per heavy atom. The molecule has 3 heteroatoms. The molecule has 2 nitrogen and oxygen atoms in total. The number of aliphatic imine (C=N–C) groups is 1. The standard InChI is InChI=1S/C18H12INO/c19-17-18(14-8-4-5-9-16(14)20-17)11-13(21)10-15(18)12-6-2-1-3-7-12/h1-10H,11H2/t18-/m0/s1. The Hall–Kier alpha value is -1.75. The molecule has 0 aromatic heterocycles. The number of fused-ring (bicyclic) bond motifs is 2. The first kappa shape index (κ1) is 13.0. The molecule has 1 spiro atoms. The van der Waals surface area contributed by atoms with Crippen LogP contribution in [0.3, 0.4) is 0 Å². The highest BCUT2D eigenvalue weighted by Gasteiger charge is 2.50. The minimum Gasteiger partial charge on any atom is -0.295 e. The summed E-state index contributed by atoms with van der Waals surface area (Å²) < 4.78 is 0.988. The fraction of sp³-hybridized carbons (Fsp3) is 0.111. The molecule has 2 aromatic carbocycles. The molecule has 2 aromatic rings. The van der Waals surface area contributed by atoms with Gasteiger partial charge in [-0.3, -0.25) is 4.79 Å². The highest BCUT2D eigenvalue weighted by molar-refractivity contribution is 14.1. The summed E-state index contributed by atoms with van der Waals surface area (Å²) >= 11 is 2.29. The molecule has 0 fully saturated rings. The predicted molar refractivity (Wildman–Crippen MR) is 93.3 cm³/mol. The zero-order valence-corrected chi connectivity index (χ0v) is 13.4. The van der Waals surface area contributed by atoms with Crippen molar-refractivity contribution in [1.82, 2.24) is 0 Å². The third kappa shape index (κ3) is 1.77. The highest BCUT2D eigenvalue weighted by atomic mass is 127. The summed E-state index contributed by atoms with van der Waals surface area (Å²) in [5.41, 5.74) is 3.93. The average molecular weight is 385 g/mol. The third-order valence-corrected chi connectivity index (χ3v) is 5.39. The number of hydrogen-bond donors (Lipinski definition) is 0. The first-order valence-corrected chi connectivity index (χ1v) is 7.94. The van der Waals surface area contributed by atoms with Gasteiger partial charge in [0.25, 0.3) is 0 Å². The first-order valence-electron chi connectivity index (χ1n) is 6.86. The number of para-hydroxylation sites is 1. The van der Waals surface area contributed by atoms with E-state index in [2.05, 4.69) is 40.8 Å². The average Bonchev–Trinajstić information content (AvgIpc) is 3.00. The Morgan fingerprint density at radius 3 is 2.52 bits per heavy atom. The van der Waals surface area contributed by atoms with Crippen molar-refractivity contribution in [3.8, 4) is 0 Å². The van der Waals surface area contributed by atoms with E-state index < -0.39 is 0 Å². The van der Waals surface area contributed by atoms with Gasteiger partial charge in [0.05, 0.1) is 14.8 Å². The molecule has 0 saturated heterocycles. The SMILES string of the molecule is O=C1C=C(c2ccccc2)[C@@]2(C1)C(I)=Nc1ccccc12. The number of ketones is 1. The van der Waals surface area contributed by atoms with Gasteiger partial charge in [-0.2, -0.15) is 0 Å². The normalized spacial score (nSPS) is 23.2. The first-order chi connectivity index (χ1) is 10.2. The van der Waals surface area contributed by atoms with Crippen LogP contribution in [0.25, 0.3) is 5.57 Å². The summed E-state index contributed by atoms with van der Waals surface area (Å²) in [4.78, 5) is 16.9. The molecule has 1 atom stereocenters. The van der Waals surface area contributed by atoms with Crippen molar-refractivity contribution in [3.05, 3.63) is 71.8 Å². The van der Waals surface area contributed by atoms with Crippen LogP contribution in [0.4, 0.5) is 5.69 Å². The van der Waals surface area contributed by atoms with Crippen molar-refractivity contribution in [1.29, 1.82) is 0 Å². The van der Waals surface area contributed by atoms with Crippen LogP contribution in [0.15, 0.2) is 65.7 Å². The number of halogens is 1. The van der Waals surface area contributed by atoms with E-state index in [0.29, 0.717) is 6.42 Å². The van der Waals surface area contributed by atoms with Crippen LogP contribution in [-0.2, 0) is 10.2 Å². The third-order valence-electron chi connectivity index (χ3n) is 4.22. The second-order valence-electron chi connectivity index (χ2n) is 5.39. The van der Waals surface area contributed by atoms with Crippen molar-refractivity contribution in [3.63, 3.8) is 0 Å². The lowest BCUT2D eigenvalue weighted by atomic mass is 9.74. The fourth-order valence-electron chi connectivity index (χ4n) is 3.31. The van der Waals surface area contributed by atoms with Gasteiger partial charge in [0.15, 0.2) is 5.78 Å². The monoisotopic (exact) mass is 385 g/mol. The minimum atomic E-state index is -0.379. The Labute approximate surface area is 136 Å². The molecule has 0 unspecified atom stereocenters. The van der Waals surface area contributed by atoms with E-state index in [0.717, 1.165) is 26.1 Å². The van der Waals surface area contributed by atoms with Crippen molar-refractivity contribution < 1.29 is 4.79 Å². The number of rotatable bonds is 1. The molecule has 0 amide bonds. The van der Waals surface area contributed by atoms with Gasteiger partial charge in [0.1, 0.15) is 0 Å². The van der Waals surface area contributed by atoms with Crippen molar-refractivity contribution in [2.45, 2.75) is 11.8 Å². The van der Waals surface area contributed by atoms with Crippen LogP contribution in [-0.4, -0.2) is 9.50 Å². The Kier molecular flexibility index (Phi) is 2.85. The Bertz CT molecular complexity index is 807. The molecule has 0 saturated carbocycles. The second kappa shape index (κ2) is 4.63. The van der Waals surface area contributed by atoms with E-state index in [1.54, 1.807) is 6.08 Å². The van der Waals surface area contributed by atoms with Gasteiger partial charge < -0.3 is 0 Å². The lowest BCUT2D eigenvalue weighted by Gasteiger charge is -2.28. The molecule has 21 heavy (non-hydrogen) atoms. The number of nitrogens with zero attached hydrogens (tertiary/aromatic N) is 1. The number of carbonyl (C=O) groups is 1. The summed E-state index contributed by atoms with van der Waals surface area (Å²) in [6, 6.07) is 18.3. The fourth-order valence-corrected chi connectivity index (χ4v) is 4.34. The van der Waals surface area contributed by atoms with Crippen molar-refractivity contribution in [2.24, 2.45) is 4.99 Å². The van der Waals surface area contributed by atoms with Crippen LogP contribution >= 0.6 is 22.6 Å². The van der Waals surface area contributed by atoms with Crippen LogP contribution < -0.4 is 0 Å². The lowest BCUT2D eigenvalue weighted by molar-refractivity contribution is -0.114. The molecule has 4 rings (SSSR count). The molecular formula is C18H12INO. The Balaban J connectivity index is 1.98. The molecule has 1 heterocycles. The lowest BCUT2D eigenvalue weighted by Crippen LogP contribution is -2.29. The van der Waals surface area contributed by atoms with E-state index in [4.69, 9.17) is 4.99 Å². The molecule has 0 N–H and O–H groups in total. The second-order valence-corrected chi connectivity index (χ2v) is 6.41. The number of hydrogen-bond acceptors (Lipinski definition) is 2. The smallest absolute Gasteiger partial charge is 0.157 e. The van der Waals surface area contributed by atoms with Gasteiger partial charge in [-0.05, 0) is 51.4 Å². The predicted octanol–water partition coefficient (Wildman–Crippen LogP) is 4.46. The summed E-state index contributed by atoms with van der Waals surface area (Å²) in [6.07, 6.45) is 2.28. The van der Waals surface area contributed by atoms with Gasteiger partial charge in [-0.25, -0.2) is 4.99 Å².